The first-order chi connectivity index (χ1) is 67.3. The number of carbonyl (C=O) groups excluding carboxylic acids is 14. The molecular formula is C105H143N19O18. The Morgan fingerprint density at radius 1 is 0.500 bits per heavy atom. The van der Waals surface area contributed by atoms with E-state index in [0.29, 0.717) is 83.2 Å². The number of nitrogens with one attached hydrogen (secondary N) is 11. The first-order valence-electron chi connectivity index (χ1n) is 48.9. The molecule has 142 heavy (non-hydrogen) atoms. The number of nitrogens with two attached hydrogens (primary N) is 1. The van der Waals surface area contributed by atoms with E-state index in [0.717, 1.165) is 60.4 Å². The number of rotatable bonds is 21. The highest BCUT2D eigenvalue weighted by atomic mass is 16.4. The van der Waals surface area contributed by atoms with E-state index in [1.807, 2.05) is 155 Å². The Labute approximate surface area is 830 Å². The first-order valence-corrected chi connectivity index (χ1v) is 48.9. The fourth-order valence-corrected chi connectivity index (χ4v) is 16.8. The monoisotopic (exact) mass is 1960 g/mol. The topological polar surface area (TPSA) is 524 Å². The lowest BCUT2D eigenvalue weighted by Gasteiger charge is -2.35. The van der Waals surface area contributed by atoms with Gasteiger partial charge in [-0.25, -0.2) is 21.7 Å². The summed E-state index contributed by atoms with van der Waals surface area (Å²) >= 11 is 0. The number of hydrazine groups is 4. The maximum atomic E-state index is 13.1. The van der Waals surface area contributed by atoms with Crippen molar-refractivity contribution in [1.82, 2.24) is 93.9 Å². The van der Waals surface area contributed by atoms with E-state index < -0.39 is 108 Å². The molecule has 6 aliphatic heterocycles. The van der Waals surface area contributed by atoms with E-state index in [4.69, 9.17) is 15.9 Å². The van der Waals surface area contributed by atoms with Crippen LogP contribution in [0.3, 0.4) is 0 Å². The van der Waals surface area contributed by atoms with Crippen molar-refractivity contribution < 1.29 is 86.9 Å². The van der Waals surface area contributed by atoms with Gasteiger partial charge in [0.25, 0.3) is 23.6 Å². The third-order valence-electron chi connectivity index (χ3n) is 25.5. The average molecular weight is 1960 g/mol. The van der Waals surface area contributed by atoms with Gasteiger partial charge in [-0.1, -0.05) is 117 Å². The fourth-order valence-electron chi connectivity index (χ4n) is 16.8. The van der Waals surface area contributed by atoms with E-state index in [1.54, 1.807) is 71.3 Å². The van der Waals surface area contributed by atoms with Gasteiger partial charge in [-0.05, 0) is 224 Å². The van der Waals surface area contributed by atoms with Crippen LogP contribution in [0.5, 0.6) is 0 Å². The summed E-state index contributed by atoms with van der Waals surface area (Å²) in [4.78, 5) is 213. The van der Waals surface area contributed by atoms with Crippen LogP contribution in [-0.4, -0.2) is 220 Å². The zero-order valence-electron chi connectivity index (χ0n) is 84.3. The number of benzene rings is 3. The SMILES string of the molecule is C/C=C/C(=O)C[C@H](C(=O)N[C@@H](C)C(=O)N1CCC[C@@H](C(=O)O)N1)C(C)C.C=CCC(=O)C[C@H](C(=O)N[C@@H](C)C(=O)N1CCC[C@@H](C(=O)O)N1)C(C)C.C=Cc1cc2cc([C@@H](C)N)ccc2cn1.CC(C)[C@@H]1CC(=O)C/C=C/c2cc3cc(ccc3cn2)[C@@H](C)NC(=O)[C@@H]2CCCN(N2)C(=O)[C@H](C)NC1=O.CC(C)[C@@H]1NC(=O)/C=C\c2cc3cc(ccc3cn2)[C@@H](C)NC(=O)[C@@H]2CCCN(N2)C(=O)[C@H](C)NC1=O. The van der Waals surface area contributed by atoms with Crippen LogP contribution in [0.15, 0.2) is 135 Å². The molecule has 12 rings (SSSR count). The molecule has 0 radical (unpaired) electrons. The van der Waals surface area contributed by atoms with Gasteiger partial charge in [0.2, 0.25) is 41.4 Å². The molecule has 0 saturated carbocycles. The molecule has 6 aromatic rings. The Kier molecular flexibility index (Phi) is 43.7. The second-order valence-electron chi connectivity index (χ2n) is 38.3. The standard InChI is InChI=1S/C29H37N5O4.C27H34N6O4.2C18H29N3O5.C13H14N2/c1-17(2)25-15-24(35)8-5-7-23-14-22-13-20(10-11-21(22)16-30-23)18(3)31-28(37)26-9-6-12-34(33-26)29(38)19(4)32-27(25)36;1-15(2)24-26(36)30-17(4)27(37)33-11-5-6-22(32-33)25(35)29-16(3)18-7-8-19-14-28-21(13-20(19)12-18)9-10-23(34)31-24;2*1-5-7-13(22)10-14(11(2)3)16(23)19-12(4)17(24)21-9-6-8-15(20-21)18(25)26;1-3-13-7-12-6-10(9(2)14)4-5-11(12)8-15-13/h5,7,10-11,13-14,16-19,25-26,33H,6,8-9,12,15H2,1-4H3,(H,31,37)(H,32,36);7-10,12-17,22,24,32H,5-6,11H2,1-4H3,(H,29,35)(H,30,36)(H,31,34);5,7,11-12,14-15,20H,6,8-10H2,1-4H3,(H,19,23)(H,25,26);5,11-12,14-15,20H,1,6-10H2,2-4H3,(H,19,23)(H,25,26);3-9H,1,14H2,2H3/b7-5+;10-9-;7-5+;;/t18-,19+,25+,26+;16-,17+,22+,24+;2*12-,14-,15-;9-/m11001/s1. The van der Waals surface area contributed by atoms with Gasteiger partial charge >= 0.3 is 11.9 Å². The normalized spacial score (nSPS) is 22.7. The Morgan fingerprint density at radius 2 is 0.951 bits per heavy atom. The van der Waals surface area contributed by atoms with Crippen molar-refractivity contribution >= 4 is 145 Å². The van der Waals surface area contributed by atoms with Crippen molar-refractivity contribution in [2.24, 2.45) is 47.2 Å². The number of ketones is 3. The molecule has 15 atom stereocenters. The molecule has 0 spiro atoms. The summed E-state index contributed by atoms with van der Waals surface area (Å²) in [6.07, 6.45) is 23.4. The van der Waals surface area contributed by atoms with Crippen molar-refractivity contribution in [2.75, 3.05) is 26.2 Å². The van der Waals surface area contributed by atoms with Crippen LogP contribution in [0.25, 0.3) is 50.5 Å². The third kappa shape index (κ3) is 33.6. The summed E-state index contributed by atoms with van der Waals surface area (Å²) in [5.74, 6) is -8.08. The molecule has 10 bridgehead atoms. The Morgan fingerprint density at radius 3 is 1.40 bits per heavy atom. The number of hydrogen-bond donors (Lipinski definition) is 14. The minimum Gasteiger partial charge on any atom is -0.480 e. The molecule has 37 heteroatoms. The van der Waals surface area contributed by atoms with Crippen LogP contribution >= 0.6 is 0 Å². The second kappa shape index (κ2) is 54.5. The number of hydrogen-bond acceptors (Lipinski definition) is 24. The minimum absolute atomic E-state index is 0.0537. The summed E-state index contributed by atoms with van der Waals surface area (Å²) in [5, 5.41) is 49.2. The van der Waals surface area contributed by atoms with E-state index in [2.05, 4.69) is 93.1 Å². The average Bonchev–Trinajstić information content (AvgIpc) is 0.860. The maximum Gasteiger partial charge on any atom is 0.322 e. The number of aromatic nitrogens is 3. The van der Waals surface area contributed by atoms with Crippen LogP contribution in [-0.2, 0) is 76.7 Å². The summed E-state index contributed by atoms with van der Waals surface area (Å²) in [5.41, 5.74) is 22.5. The van der Waals surface area contributed by atoms with Crippen LogP contribution in [0.2, 0.25) is 0 Å². The number of pyridine rings is 3. The number of nitrogens with zero attached hydrogens (tertiary/aromatic N) is 7. The van der Waals surface area contributed by atoms with E-state index in [-0.39, 0.29) is 133 Å². The predicted octanol–water partition coefficient (Wildman–Crippen LogP) is 9.30. The number of fused-ring (bicyclic) bond motifs is 9. The molecule has 15 N–H and O–H groups in total. The Balaban J connectivity index is 0.000000223. The molecule has 4 saturated heterocycles. The lowest BCUT2D eigenvalue weighted by Crippen LogP contribution is -2.61. The van der Waals surface area contributed by atoms with Crippen molar-refractivity contribution in [2.45, 2.75) is 267 Å². The van der Waals surface area contributed by atoms with Gasteiger partial charge < -0.3 is 53.2 Å². The van der Waals surface area contributed by atoms with Gasteiger partial charge in [0.1, 0.15) is 65.9 Å². The van der Waals surface area contributed by atoms with Gasteiger partial charge in [0.05, 0.1) is 29.2 Å². The quantitative estimate of drug-likeness (QED) is 0.0236. The molecule has 11 amide bonds. The Hall–Kier alpha value is -13.5. The van der Waals surface area contributed by atoms with Crippen LogP contribution in [0, 0.1) is 41.4 Å². The van der Waals surface area contributed by atoms with Crippen molar-refractivity contribution in [3.63, 3.8) is 0 Å². The molecule has 766 valence electrons. The second-order valence-corrected chi connectivity index (χ2v) is 38.3. The van der Waals surface area contributed by atoms with E-state index in [9.17, 15) is 76.7 Å². The molecule has 0 aliphatic carbocycles. The number of allylic oxidation sites excluding steroid dienone is 4. The van der Waals surface area contributed by atoms with Crippen LogP contribution < -0.4 is 64.7 Å². The summed E-state index contributed by atoms with van der Waals surface area (Å²) in [7, 11) is 0. The van der Waals surface area contributed by atoms with Gasteiger partial charge in [0.15, 0.2) is 5.78 Å². The molecule has 37 nitrogen and oxygen atoms in total. The molecule has 0 unspecified atom stereocenters. The highest BCUT2D eigenvalue weighted by Crippen LogP contribution is 2.29. The lowest BCUT2D eigenvalue weighted by atomic mass is 9.89. The fraction of sp³-hybridized carbons (Fsp3) is 0.495. The molecule has 4 fully saturated rings. The largest absolute Gasteiger partial charge is 0.480 e. The van der Waals surface area contributed by atoms with Crippen molar-refractivity contribution in [1.29, 1.82) is 0 Å². The first kappa shape index (κ1) is 114. The van der Waals surface area contributed by atoms with Crippen molar-refractivity contribution in [3.05, 3.63) is 169 Å². The van der Waals surface area contributed by atoms with Gasteiger partial charge in [-0.15, -0.1) is 6.58 Å². The summed E-state index contributed by atoms with van der Waals surface area (Å²) in [6, 6.07) is 16.6. The number of carbonyl (C=O) groups is 16. The molecule has 3 aromatic heterocycles. The van der Waals surface area contributed by atoms with Crippen LogP contribution in [0.4, 0.5) is 0 Å². The smallest absolute Gasteiger partial charge is 0.322 e. The lowest BCUT2D eigenvalue weighted by molar-refractivity contribution is -0.149. The maximum absolute atomic E-state index is 13.1. The molecule has 6 aliphatic rings. The molecule has 3 aromatic carbocycles. The minimum atomic E-state index is -1.01. The number of carboxylic acid groups (broad SMARTS) is 2. The predicted molar refractivity (Wildman–Crippen MR) is 541 cm³/mol. The van der Waals surface area contributed by atoms with E-state index >= 15 is 0 Å². The zero-order chi connectivity index (χ0) is 105. The van der Waals surface area contributed by atoms with Crippen molar-refractivity contribution in [3.8, 4) is 0 Å². The van der Waals surface area contributed by atoms with E-state index in [1.165, 1.54) is 38.3 Å². The van der Waals surface area contributed by atoms with Gasteiger partial charge in [-0.2, -0.15) is 0 Å². The Bertz CT molecular complexity index is 5660. The number of amides is 11. The molecule has 9 heterocycles. The number of carboxylic acids is 2. The van der Waals surface area contributed by atoms with Gasteiger partial charge in [0, 0.05) is 123 Å². The zero-order valence-corrected chi connectivity index (χ0v) is 84.3. The van der Waals surface area contributed by atoms with Crippen LogP contribution in [0.1, 0.15) is 246 Å². The number of Topliss-reactive ketones (excluding diaryl/α,β-unsaturated/α-hetero) is 2. The van der Waals surface area contributed by atoms with Gasteiger partial charge in [-0.3, -0.25) is 112 Å². The third-order valence-corrected chi connectivity index (χ3v) is 25.5. The summed E-state index contributed by atoms with van der Waals surface area (Å²) in [6.45, 7) is 37.6. The number of aliphatic carboxylic acids is 2. The highest BCUT2D eigenvalue weighted by Gasteiger charge is 2.39. The molecular weight excluding hydrogens is 1820 g/mol. The summed E-state index contributed by atoms with van der Waals surface area (Å²) < 4.78 is 0. The highest BCUT2D eigenvalue weighted by molar-refractivity contribution is 5.99.